The van der Waals surface area contributed by atoms with Crippen LogP contribution in [0.2, 0.25) is 0 Å². The summed E-state index contributed by atoms with van der Waals surface area (Å²) in [5, 5.41) is 8.35. The summed E-state index contributed by atoms with van der Waals surface area (Å²) in [7, 11) is -3.49. The topological polar surface area (TPSA) is 91.2 Å². The molecule has 1 aliphatic carbocycles. The van der Waals surface area contributed by atoms with Gasteiger partial charge >= 0.3 is 0 Å². The van der Waals surface area contributed by atoms with Crippen molar-refractivity contribution in [2.24, 2.45) is 0 Å². The lowest BCUT2D eigenvalue weighted by Crippen LogP contribution is -2.31. The molecule has 0 radical (unpaired) electrons. The smallest absolute Gasteiger partial charge is 0.299 e. The molecule has 1 aromatic rings. The Balaban J connectivity index is 1.95. The fraction of sp³-hybridized carbons (Fsp3) is 0.364. The summed E-state index contributed by atoms with van der Waals surface area (Å²) >= 11 is 0. The lowest BCUT2D eigenvalue weighted by Gasteiger charge is -2.09. The molecule has 0 saturated heterocycles. The molecule has 1 saturated carbocycles. The summed E-state index contributed by atoms with van der Waals surface area (Å²) in [5.74, 6) is 0.523. The maximum absolute atomic E-state index is 11.6. The first kappa shape index (κ1) is 12.7. The molecule has 96 valence electrons. The molecule has 2 N–H and O–H groups in total. The average molecular weight is 267 g/mol. The van der Waals surface area contributed by atoms with Crippen LogP contribution in [0.15, 0.2) is 24.3 Å². The predicted molar refractivity (Wildman–Crippen MR) is 66.3 cm³/mol. The predicted octanol–water partition coefficient (Wildman–Crippen LogP) is 0.998. The van der Waals surface area contributed by atoms with Crippen molar-refractivity contribution in [3.05, 3.63) is 24.3 Å². The maximum atomic E-state index is 11.6. The molecule has 0 unspecified atom stereocenters. The van der Waals surface area contributed by atoms with Crippen LogP contribution in [0, 0.1) is 11.3 Å². The van der Waals surface area contributed by atoms with E-state index in [1.165, 1.54) is 0 Å². The van der Waals surface area contributed by atoms with Gasteiger partial charge in [0, 0.05) is 6.04 Å². The molecular weight excluding hydrogens is 254 g/mol. The van der Waals surface area contributed by atoms with Crippen LogP contribution in [-0.4, -0.2) is 21.1 Å². The minimum atomic E-state index is -3.49. The summed E-state index contributed by atoms with van der Waals surface area (Å²) in [6.07, 6.45) is 1.78. The Morgan fingerprint density at radius 2 is 2.00 bits per heavy atom. The number of ether oxygens (including phenoxy) is 1. The first-order valence-corrected chi connectivity index (χ1v) is 6.97. The number of hydrogen-bond donors (Lipinski definition) is 2. The van der Waals surface area contributed by atoms with Crippen molar-refractivity contribution >= 4 is 15.9 Å². The Hall–Kier alpha value is -1.78. The number of nitrogens with zero attached hydrogens (tertiary/aromatic N) is 1. The van der Waals surface area contributed by atoms with Gasteiger partial charge in [0.05, 0.1) is 5.69 Å². The Kier molecular flexibility index (Phi) is 3.69. The van der Waals surface area contributed by atoms with Crippen LogP contribution in [0.3, 0.4) is 0 Å². The maximum Gasteiger partial charge on any atom is 0.299 e. The molecule has 0 atom stereocenters. The van der Waals surface area contributed by atoms with Crippen LogP contribution in [0.5, 0.6) is 5.75 Å². The van der Waals surface area contributed by atoms with Crippen molar-refractivity contribution < 1.29 is 13.2 Å². The molecule has 6 nitrogen and oxygen atoms in total. The van der Waals surface area contributed by atoms with Gasteiger partial charge in [0.1, 0.15) is 11.8 Å². The summed E-state index contributed by atoms with van der Waals surface area (Å²) < 4.78 is 33.2. The van der Waals surface area contributed by atoms with Crippen molar-refractivity contribution in [1.29, 1.82) is 5.26 Å². The number of nitriles is 1. The molecule has 0 amide bonds. The van der Waals surface area contributed by atoms with Crippen molar-refractivity contribution in [1.82, 2.24) is 4.72 Å². The van der Waals surface area contributed by atoms with E-state index in [0.717, 1.165) is 12.8 Å². The van der Waals surface area contributed by atoms with E-state index in [-0.39, 0.29) is 12.6 Å². The van der Waals surface area contributed by atoms with E-state index in [1.807, 2.05) is 6.07 Å². The van der Waals surface area contributed by atoms with Gasteiger partial charge in [-0.1, -0.05) is 0 Å². The third-order valence-electron chi connectivity index (χ3n) is 2.31. The Labute approximate surface area is 106 Å². The molecule has 0 aromatic heterocycles. The van der Waals surface area contributed by atoms with Crippen LogP contribution in [0.4, 0.5) is 5.69 Å². The van der Waals surface area contributed by atoms with E-state index in [9.17, 15) is 8.42 Å². The van der Waals surface area contributed by atoms with E-state index in [0.29, 0.717) is 11.4 Å². The molecule has 1 fully saturated rings. The van der Waals surface area contributed by atoms with Crippen molar-refractivity contribution in [2.45, 2.75) is 18.9 Å². The van der Waals surface area contributed by atoms with Crippen LogP contribution < -0.4 is 14.2 Å². The van der Waals surface area contributed by atoms with Gasteiger partial charge < -0.3 is 4.74 Å². The summed E-state index contributed by atoms with van der Waals surface area (Å²) in [6.45, 7) is -0.0334. The minimum Gasteiger partial charge on any atom is -0.479 e. The standard InChI is InChI=1S/C11H13N3O3S/c12-7-8-17-11-5-3-10(4-6-11)14-18(15,16)13-9-1-2-9/h3-6,9,13-14H,1-2,8H2. The number of rotatable bonds is 6. The van der Waals surface area contributed by atoms with Crippen LogP contribution in [0.25, 0.3) is 0 Å². The lowest BCUT2D eigenvalue weighted by atomic mass is 10.3. The van der Waals surface area contributed by atoms with Gasteiger partial charge in [0.25, 0.3) is 10.2 Å². The molecule has 7 heteroatoms. The zero-order valence-corrected chi connectivity index (χ0v) is 10.4. The molecule has 1 aliphatic rings. The minimum absolute atomic E-state index is 0.0334. The molecule has 1 aromatic carbocycles. The molecular formula is C11H13N3O3S. The SMILES string of the molecule is N#CCOc1ccc(NS(=O)(=O)NC2CC2)cc1. The Bertz CT molecular complexity index is 544. The molecule has 0 bridgehead atoms. The zero-order chi connectivity index (χ0) is 13.0. The first-order chi connectivity index (χ1) is 8.59. The molecule has 0 spiro atoms. The third kappa shape index (κ3) is 3.91. The highest BCUT2D eigenvalue weighted by Crippen LogP contribution is 2.21. The molecule has 18 heavy (non-hydrogen) atoms. The van der Waals surface area contributed by atoms with Crippen molar-refractivity contribution in [3.63, 3.8) is 0 Å². The van der Waals surface area contributed by atoms with Crippen LogP contribution >= 0.6 is 0 Å². The Morgan fingerprint density at radius 3 is 2.56 bits per heavy atom. The monoisotopic (exact) mass is 267 g/mol. The second kappa shape index (κ2) is 5.25. The number of hydrogen-bond acceptors (Lipinski definition) is 4. The highest BCUT2D eigenvalue weighted by molar-refractivity contribution is 7.90. The largest absolute Gasteiger partial charge is 0.479 e. The molecule has 2 rings (SSSR count). The Morgan fingerprint density at radius 1 is 1.33 bits per heavy atom. The fourth-order valence-corrected chi connectivity index (χ4v) is 2.52. The van der Waals surface area contributed by atoms with Gasteiger partial charge in [-0.3, -0.25) is 4.72 Å². The average Bonchev–Trinajstić information content (AvgIpc) is 3.11. The second-order valence-corrected chi connectivity index (χ2v) is 5.42. The van der Waals surface area contributed by atoms with E-state index in [2.05, 4.69) is 9.44 Å². The van der Waals surface area contributed by atoms with Crippen LogP contribution in [0.1, 0.15) is 12.8 Å². The van der Waals surface area contributed by atoms with Gasteiger partial charge in [-0.15, -0.1) is 0 Å². The number of anilines is 1. The second-order valence-electron chi connectivity index (χ2n) is 3.97. The quantitative estimate of drug-likeness (QED) is 0.804. The fourth-order valence-electron chi connectivity index (χ4n) is 1.34. The van der Waals surface area contributed by atoms with Crippen molar-refractivity contribution in [3.8, 4) is 11.8 Å². The van der Waals surface area contributed by atoms with E-state index in [1.54, 1.807) is 24.3 Å². The van der Waals surface area contributed by atoms with Gasteiger partial charge in [0.15, 0.2) is 6.61 Å². The summed E-state index contributed by atoms with van der Waals surface area (Å²) in [5.41, 5.74) is 0.451. The summed E-state index contributed by atoms with van der Waals surface area (Å²) in [4.78, 5) is 0. The van der Waals surface area contributed by atoms with Crippen LogP contribution in [-0.2, 0) is 10.2 Å². The zero-order valence-electron chi connectivity index (χ0n) is 9.59. The normalized spacial score (nSPS) is 14.8. The highest BCUT2D eigenvalue weighted by atomic mass is 32.2. The number of benzene rings is 1. The lowest BCUT2D eigenvalue weighted by molar-refractivity contribution is 0.368. The van der Waals surface area contributed by atoms with Gasteiger partial charge in [-0.25, -0.2) is 0 Å². The van der Waals surface area contributed by atoms with Gasteiger partial charge in [0.2, 0.25) is 0 Å². The summed E-state index contributed by atoms with van der Waals surface area (Å²) in [6, 6.07) is 8.30. The molecule has 0 aliphatic heterocycles. The molecule has 0 heterocycles. The third-order valence-corrected chi connectivity index (χ3v) is 3.46. The van der Waals surface area contributed by atoms with Gasteiger partial charge in [-0.2, -0.15) is 18.4 Å². The number of nitrogens with one attached hydrogen (secondary N) is 2. The van der Waals surface area contributed by atoms with Crippen molar-refractivity contribution in [2.75, 3.05) is 11.3 Å². The highest BCUT2D eigenvalue weighted by Gasteiger charge is 2.26. The van der Waals surface area contributed by atoms with E-state index in [4.69, 9.17) is 10.00 Å². The first-order valence-electron chi connectivity index (χ1n) is 5.49. The van der Waals surface area contributed by atoms with E-state index >= 15 is 0 Å². The van der Waals surface area contributed by atoms with Gasteiger partial charge in [-0.05, 0) is 37.1 Å². The van der Waals surface area contributed by atoms with E-state index < -0.39 is 10.2 Å².